The Morgan fingerprint density at radius 3 is 2.48 bits per heavy atom. The lowest BCUT2D eigenvalue weighted by Gasteiger charge is -2.18. The first-order chi connectivity index (χ1) is 10.0. The smallest absolute Gasteiger partial charge is 0.168 e. The summed E-state index contributed by atoms with van der Waals surface area (Å²) in [6.45, 7) is 0. The third-order valence-corrected chi connectivity index (χ3v) is 3.61. The van der Waals surface area contributed by atoms with Crippen LogP contribution in [0.25, 0.3) is 0 Å². The van der Waals surface area contributed by atoms with Crippen LogP contribution in [0.5, 0.6) is 5.75 Å². The first-order valence-corrected chi connectivity index (χ1v) is 7.04. The second-order valence-corrected chi connectivity index (χ2v) is 5.43. The Morgan fingerprint density at radius 2 is 1.90 bits per heavy atom. The van der Waals surface area contributed by atoms with Gasteiger partial charge in [0.05, 0.1) is 13.2 Å². The van der Waals surface area contributed by atoms with Gasteiger partial charge in [0.2, 0.25) is 0 Å². The number of nitrogens with one attached hydrogen (secondary N) is 1. The SMILES string of the molecule is COc1cccc(CC(NN)c2cc(Cl)cc(Cl)c2)c1F. The van der Waals surface area contributed by atoms with Gasteiger partial charge < -0.3 is 4.74 Å². The molecule has 21 heavy (non-hydrogen) atoms. The topological polar surface area (TPSA) is 47.3 Å². The maximum atomic E-state index is 14.2. The lowest BCUT2D eigenvalue weighted by atomic mass is 9.99. The number of rotatable bonds is 5. The molecule has 2 aromatic carbocycles. The van der Waals surface area contributed by atoms with Crippen molar-refractivity contribution in [1.29, 1.82) is 0 Å². The van der Waals surface area contributed by atoms with Gasteiger partial charge in [0.1, 0.15) is 0 Å². The minimum atomic E-state index is -0.395. The van der Waals surface area contributed by atoms with Crippen molar-refractivity contribution in [2.24, 2.45) is 5.84 Å². The third kappa shape index (κ3) is 3.86. The molecule has 0 aliphatic heterocycles. The van der Waals surface area contributed by atoms with Crippen molar-refractivity contribution in [1.82, 2.24) is 5.43 Å². The van der Waals surface area contributed by atoms with Gasteiger partial charge in [-0.25, -0.2) is 4.39 Å². The molecule has 0 bridgehead atoms. The number of ether oxygens (including phenoxy) is 1. The van der Waals surface area contributed by atoms with Crippen LogP contribution < -0.4 is 16.0 Å². The normalized spacial score (nSPS) is 12.2. The van der Waals surface area contributed by atoms with E-state index in [4.69, 9.17) is 33.8 Å². The molecule has 0 aliphatic rings. The fourth-order valence-corrected chi connectivity index (χ4v) is 2.68. The van der Waals surface area contributed by atoms with Gasteiger partial charge in [0.25, 0.3) is 0 Å². The van der Waals surface area contributed by atoms with Crippen molar-refractivity contribution in [3.8, 4) is 5.75 Å². The lowest BCUT2D eigenvalue weighted by Crippen LogP contribution is -2.29. The molecule has 0 spiro atoms. The van der Waals surface area contributed by atoms with Gasteiger partial charge in [-0.1, -0.05) is 35.3 Å². The number of benzene rings is 2. The number of halogens is 3. The Hall–Kier alpha value is -1.33. The number of hydrazine groups is 1. The third-order valence-electron chi connectivity index (χ3n) is 3.18. The van der Waals surface area contributed by atoms with Crippen LogP contribution in [-0.4, -0.2) is 7.11 Å². The van der Waals surface area contributed by atoms with Gasteiger partial charge in [0, 0.05) is 10.0 Å². The van der Waals surface area contributed by atoms with E-state index in [0.29, 0.717) is 22.0 Å². The molecule has 0 fully saturated rings. The van der Waals surface area contributed by atoms with Gasteiger partial charge in [-0.05, 0) is 41.8 Å². The number of methoxy groups -OCH3 is 1. The van der Waals surface area contributed by atoms with Crippen LogP contribution in [0.3, 0.4) is 0 Å². The van der Waals surface area contributed by atoms with Crippen LogP contribution in [0.1, 0.15) is 17.2 Å². The fraction of sp³-hybridized carbons (Fsp3) is 0.200. The van der Waals surface area contributed by atoms with Crippen LogP contribution >= 0.6 is 23.2 Å². The maximum Gasteiger partial charge on any atom is 0.168 e. The zero-order chi connectivity index (χ0) is 15.4. The summed E-state index contributed by atoms with van der Waals surface area (Å²) in [5.74, 6) is 5.39. The molecule has 0 saturated carbocycles. The quantitative estimate of drug-likeness (QED) is 0.646. The van der Waals surface area contributed by atoms with Crippen LogP contribution in [0.2, 0.25) is 10.0 Å². The Kier molecular flexibility index (Phi) is 5.42. The Balaban J connectivity index is 2.31. The van der Waals surface area contributed by atoms with Gasteiger partial charge in [-0.2, -0.15) is 0 Å². The summed E-state index contributed by atoms with van der Waals surface area (Å²) in [6.07, 6.45) is 0.343. The molecule has 0 amide bonds. The van der Waals surface area contributed by atoms with E-state index in [1.807, 2.05) is 0 Å². The molecule has 0 aromatic heterocycles. The van der Waals surface area contributed by atoms with E-state index in [2.05, 4.69) is 5.43 Å². The van der Waals surface area contributed by atoms with Gasteiger partial charge in [-0.3, -0.25) is 11.3 Å². The molecule has 0 aliphatic carbocycles. The summed E-state index contributed by atoms with van der Waals surface area (Å²) in [4.78, 5) is 0. The largest absolute Gasteiger partial charge is 0.494 e. The monoisotopic (exact) mass is 328 g/mol. The van der Waals surface area contributed by atoms with Gasteiger partial charge in [-0.15, -0.1) is 0 Å². The maximum absolute atomic E-state index is 14.2. The molecule has 0 heterocycles. The standard InChI is InChI=1S/C15H15Cl2FN2O/c1-21-14-4-2-3-9(15(14)18)7-13(20-19)10-5-11(16)8-12(17)6-10/h2-6,8,13,20H,7,19H2,1H3. The second-order valence-electron chi connectivity index (χ2n) is 4.56. The van der Waals surface area contributed by atoms with Crippen molar-refractivity contribution in [2.75, 3.05) is 7.11 Å². The summed E-state index contributed by atoms with van der Waals surface area (Å²) < 4.78 is 19.2. The van der Waals surface area contributed by atoms with Crippen molar-refractivity contribution in [2.45, 2.75) is 12.5 Å². The summed E-state index contributed by atoms with van der Waals surface area (Å²) in [5, 5.41) is 1.01. The van der Waals surface area contributed by atoms with E-state index < -0.39 is 5.82 Å². The molecule has 1 atom stereocenters. The van der Waals surface area contributed by atoms with E-state index in [0.717, 1.165) is 5.56 Å². The van der Waals surface area contributed by atoms with E-state index >= 15 is 0 Å². The highest BCUT2D eigenvalue weighted by atomic mass is 35.5. The number of hydrogen-bond donors (Lipinski definition) is 2. The highest BCUT2D eigenvalue weighted by molar-refractivity contribution is 6.34. The van der Waals surface area contributed by atoms with Crippen LogP contribution in [0, 0.1) is 5.82 Å². The molecule has 0 radical (unpaired) electrons. The molecule has 3 nitrogen and oxygen atoms in total. The second kappa shape index (κ2) is 7.09. The Bertz CT molecular complexity index is 617. The van der Waals surface area contributed by atoms with E-state index in [9.17, 15) is 4.39 Å². The Morgan fingerprint density at radius 1 is 1.24 bits per heavy atom. The Labute approximate surface area is 132 Å². The van der Waals surface area contributed by atoms with Gasteiger partial charge >= 0.3 is 0 Å². The molecule has 2 rings (SSSR count). The summed E-state index contributed by atoms with van der Waals surface area (Å²) in [7, 11) is 1.43. The molecule has 0 saturated heterocycles. The van der Waals surface area contributed by atoms with Crippen molar-refractivity contribution >= 4 is 23.2 Å². The van der Waals surface area contributed by atoms with Crippen molar-refractivity contribution in [3.63, 3.8) is 0 Å². The highest BCUT2D eigenvalue weighted by Gasteiger charge is 2.16. The van der Waals surface area contributed by atoms with Crippen LogP contribution in [0.4, 0.5) is 4.39 Å². The average molecular weight is 329 g/mol. The van der Waals surface area contributed by atoms with Crippen molar-refractivity contribution < 1.29 is 9.13 Å². The molecular weight excluding hydrogens is 314 g/mol. The highest BCUT2D eigenvalue weighted by Crippen LogP contribution is 2.28. The summed E-state index contributed by atoms with van der Waals surface area (Å²) in [6, 6.07) is 9.80. The fourth-order valence-electron chi connectivity index (χ4n) is 2.14. The van der Waals surface area contributed by atoms with Crippen LogP contribution in [0.15, 0.2) is 36.4 Å². The summed E-state index contributed by atoms with van der Waals surface area (Å²) in [5.41, 5.74) is 3.94. The summed E-state index contributed by atoms with van der Waals surface area (Å²) >= 11 is 12.0. The van der Waals surface area contributed by atoms with Crippen LogP contribution in [-0.2, 0) is 6.42 Å². The molecule has 3 N–H and O–H groups in total. The van der Waals surface area contributed by atoms with Crippen molar-refractivity contribution in [3.05, 3.63) is 63.4 Å². The predicted molar refractivity (Wildman–Crippen MR) is 83.2 cm³/mol. The van der Waals surface area contributed by atoms with E-state index in [-0.39, 0.29) is 11.8 Å². The molecule has 2 aromatic rings. The number of hydrogen-bond acceptors (Lipinski definition) is 3. The van der Waals surface area contributed by atoms with Gasteiger partial charge in [0.15, 0.2) is 11.6 Å². The average Bonchev–Trinajstić information content (AvgIpc) is 2.45. The zero-order valence-corrected chi connectivity index (χ0v) is 12.9. The lowest BCUT2D eigenvalue weighted by molar-refractivity contribution is 0.382. The molecule has 1 unspecified atom stereocenters. The molecule has 6 heteroatoms. The predicted octanol–water partition coefficient (Wildman–Crippen LogP) is 3.89. The first kappa shape index (κ1) is 16.0. The number of nitrogens with two attached hydrogens (primary N) is 1. The molecule has 112 valence electrons. The zero-order valence-electron chi connectivity index (χ0n) is 11.4. The van der Waals surface area contributed by atoms with E-state index in [1.54, 1.807) is 36.4 Å². The minimum absolute atomic E-state index is 0.201. The first-order valence-electron chi connectivity index (χ1n) is 6.28. The van der Waals surface area contributed by atoms with E-state index in [1.165, 1.54) is 7.11 Å². The molecular formula is C15H15Cl2FN2O. The minimum Gasteiger partial charge on any atom is -0.494 e.